The van der Waals surface area contributed by atoms with Crippen LogP contribution in [0, 0.1) is 6.92 Å². The summed E-state index contributed by atoms with van der Waals surface area (Å²) in [5, 5.41) is 3.85. The molecule has 0 fully saturated rings. The van der Waals surface area contributed by atoms with Crippen LogP contribution in [-0.2, 0) is 11.2 Å². The van der Waals surface area contributed by atoms with Gasteiger partial charge >= 0.3 is 0 Å². The molecular formula is C14H14N2O2. The Balaban J connectivity index is 1.86. The summed E-state index contributed by atoms with van der Waals surface area (Å²) in [5.74, 6) is 0.497. The van der Waals surface area contributed by atoms with Gasteiger partial charge in [-0.25, -0.2) is 5.43 Å². The standard InChI is InChI=1S/C14H14N2O2/c1-11-7-8-18-13(11)10-15-16-14(17)9-12-5-3-2-4-6-12/h2-8,10H,9H2,1H3,(H,16,17). The summed E-state index contributed by atoms with van der Waals surface area (Å²) < 4.78 is 5.16. The molecule has 0 bridgehead atoms. The number of rotatable bonds is 4. The minimum Gasteiger partial charge on any atom is -0.463 e. The minimum atomic E-state index is -0.151. The van der Waals surface area contributed by atoms with E-state index in [9.17, 15) is 4.79 Å². The molecule has 1 aromatic heterocycles. The van der Waals surface area contributed by atoms with Gasteiger partial charge in [0.15, 0.2) is 0 Å². The Bertz CT molecular complexity index is 544. The summed E-state index contributed by atoms with van der Waals surface area (Å²) in [6.07, 6.45) is 3.40. The molecule has 0 radical (unpaired) electrons. The number of hydrogen-bond donors (Lipinski definition) is 1. The first-order chi connectivity index (χ1) is 8.75. The lowest BCUT2D eigenvalue weighted by Crippen LogP contribution is -2.19. The molecule has 2 rings (SSSR count). The second kappa shape index (κ2) is 5.82. The fourth-order valence-electron chi connectivity index (χ4n) is 1.50. The molecule has 4 heteroatoms. The van der Waals surface area contributed by atoms with Crippen LogP contribution < -0.4 is 5.43 Å². The number of aryl methyl sites for hydroxylation is 1. The summed E-state index contributed by atoms with van der Waals surface area (Å²) in [6, 6.07) is 11.4. The first kappa shape index (κ1) is 12.1. The number of nitrogens with zero attached hydrogens (tertiary/aromatic N) is 1. The van der Waals surface area contributed by atoms with Crippen molar-refractivity contribution in [3.8, 4) is 0 Å². The summed E-state index contributed by atoms with van der Waals surface area (Å²) in [7, 11) is 0. The first-order valence-corrected chi connectivity index (χ1v) is 5.65. The van der Waals surface area contributed by atoms with Gasteiger partial charge in [-0.3, -0.25) is 4.79 Å². The molecule has 92 valence electrons. The van der Waals surface area contributed by atoms with E-state index >= 15 is 0 Å². The van der Waals surface area contributed by atoms with Crippen LogP contribution in [0.15, 0.2) is 52.2 Å². The summed E-state index contributed by atoms with van der Waals surface area (Å²) in [4.78, 5) is 11.6. The molecule has 0 aliphatic carbocycles. The Hall–Kier alpha value is -2.36. The molecule has 1 N–H and O–H groups in total. The van der Waals surface area contributed by atoms with E-state index in [1.165, 1.54) is 6.21 Å². The maximum absolute atomic E-state index is 11.6. The Morgan fingerprint density at radius 1 is 1.33 bits per heavy atom. The monoisotopic (exact) mass is 242 g/mol. The number of amides is 1. The van der Waals surface area contributed by atoms with Crippen LogP contribution in [0.1, 0.15) is 16.9 Å². The molecule has 1 heterocycles. The number of hydrogen-bond acceptors (Lipinski definition) is 3. The molecular weight excluding hydrogens is 228 g/mol. The van der Waals surface area contributed by atoms with Crippen molar-refractivity contribution < 1.29 is 9.21 Å². The van der Waals surface area contributed by atoms with Crippen LogP contribution in [0.2, 0.25) is 0 Å². The van der Waals surface area contributed by atoms with E-state index in [0.29, 0.717) is 12.2 Å². The molecule has 1 aromatic carbocycles. The lowest BCUT2D eigenvalue weighted by Gasteiger charge is -1.99. The van der Waals surface area contributed by atoms with Crippen molar-refractivity contribution in [2.24, 2.45) is 5.10 Å². The number of carbonyl (C=O) groups is 1. The smallest absolute Gasteiger partial charge is 0.244 e. The lowest BCUT2D eigenvalue weighted by molar-refractivity contribution is -0.120. The molecule has 0 aliphatic heterocycles. The van der Waals surface area contributed by atoms with Gasteiger partial charge in [-0.05, 0) is 24.1 Å². The number of hydrazone groups is 1. The van der Waals surface area contributed by atoms with E-state index in [1.54, 1.807) is 6.26 Å². The second-order valence-corrected chi connectivity index (χ2v) is 3.92. The van der Waals surface area contributed by atoms with Gasteiger partial charge in [0.05, 0.1) is 18.9 Å². The molecule has 0 atom stereocenters. The minimum absolute atomic E-state index is 0.151. The summed E-state index contributed by atoms with van der Waals surface area (Å²) >= 11 is 0. The highest BCUT2D eigenvalue weighted by Gasteiger charge is 2.01. The van der Waals surface area contributed by atoms with E-state index in [4.69, 9.17) is 4.42 Å². The number of carbonyl (C=O) groups excluding carboxylic acids is 1. The van der Waals surface area contributed by atoms with E-state index in [-0.39, 0.29) is 5.91 Å². The van der Waals surface area contributed by atoms with Gasteiger partial charge in [-0.1, -0.05) is 30.3 Å². The van der Waals surface area contributed by atoms with Crippen molar-refractivity contribution >= 4 is 12.1 Å². The summed E-state index contributed by atoms with van der Waals surface area (Å²) in [5.41, 5.74) is 4.41. The van der Waals surface area contributed by atoms with Crippen LogP contribution in [-0.4, -0.2) is 12.1 Å². The molecule has 0 unspecified atom stereocenters. The zero-order chi connectivity index (χ0) is 12.8. The highest BCUT2D eigenvalue weighted by molar-refractivity contribution is 5.82. The summed E-state index contributed by atoms with van der Waals surface area (Å²) in [6.45, 7) is 1.91. The molecule has 2 aromatic rings. The molecule has 1 amide bonds. The molecule has 0 spiro atoms. The third-order valence-corrected chi connectivity index (χ3v) is 2.48. The van der Waals surface area contributed by atoms with Gasteiger partial charge < -0.3 is 4.42 Å². The highest BCUT2D eigenvalue weighted by Crippen LogP contribution is 2.04. The van der Waals surface area contributed by atoms with Gasteiger partial charge in [0.1, 0.15) is 5.76 Å². The Kier molecular flexibility index (Phi) is 3.91. The zero-order valence-corrected chi connectivity index (χ0v) is 10.1. The normalized spacial score (nSPS) is 10.7. The van der Waals surface area contributed by atoms with Crippen molar-refractivity contribution in [3.05, 3.63) is 59.5 Å². The van der Waals surface area contributed by atoms with Crippen LogP contribution in [0.3, 0.4) is 0 Å². The van der Waals surface area contributed by atoms with Crippen LogP contribution in [0.25, 0.3) is 0 Å². The zero-order valence-electron chi connectivity index (χ0n) is 10.1. The van der Waals surface area contributed by atoms with Crippen LogP contribution in [0.5, 0.6) is 0 Å². The first-order valence-electron chi connectivity index (χ1n) is 5.65. The van der Waals surface area contributed by atoms with E-state index in [2.05, 4.69) is 10.5 Å². The van der Waals surface area contributed by atoms with Gasteiger partial charge in [-0.15, -0.1) is 0 Å². The highest BCUT2D eigenvalue weighted by atomic mass is 16.3. The third-order valence-electron chi connectivity index (χ3n) is 2.48. The Labute approximate surface area is 105 Å². The van der Waals surface area contributed by atoms with E-state index in [0.717, 1.165) is 11.1 Å². The number of nitrogens with one attached hydrogen (secondary N) is 1. The lowest BCUT2D eigenvalue weighted by atomic mass is 10.1. The Morgan fingerprint density at radius 2 is 2.11 bits per heavy atom. The van der Waals surface area contributed by atoms with Crippen molar-refractivity contribution in [1.82, 2.24) is 5.43 Å². The predicted octanol–water partition coefficient (Wildman–Crippen LogP) is 2.28. The van der Waals surface area contributed by atoms with Gasteiger partial charge in [0.25, 0.3) is 0 Å². The molecule has 0 saturated heterocycles. The number of furan rings is 1. The predicted molar refractivity (Wildman–Crippen MR) is 69.3 cm³/mol. The molecule has 0 saturated carbocycles. The SMILES string of the molecule is Cc1ccoc1C=NNC(=O)Cc1ccccc1. The molecule has 18 heavy (non-hydrogen) atoms. The average Bonchev–Trinajstić information content (AvgIpc) is 2.76. The molecule has 4 nitrogen and oxygen atoms in total. The average molecular weight is 242 g/mol. The van der Waals surface area contributed by atoms with Gasteiger partial charge in [0.2, 0.25) is 5.91 Å². The van der Waals surface area contributed by atoms with Crippen molar-refractivity contribution in [2.45, 2.75) is 13.3 Å². The largest absolute Gasteiger partial charge is 0.463 e. The third kappa shape index (κ3) is 3.31. The fourth-order valence-corrected chi connectivity index (χ4v) is 1.50. The van der Waals surface area contributed by atoms with Crippen molar-refractivity contribution in [2.75, 3.05) is 0 Å². The fraction of sp³-hybridized carbons (Fsp3) is 0.143. The Morgan fingerprint density at radius 3 is 2.78 bits per heavy atom. The maximum Gasteiger partial charge on any atom is 0.244 e. The van der Waals surface area contributed by atoms with E-state index < -0.39 is 0 Å². The van der Waals surface area contributed by atoms with Crippen LogP contribution >= 0.6 is 0 Å². The van der Waals surface area contributed by atoms with E-state index in [1.807, 2.05) is 43.3 Å². The van der Waals surface area contributed by atoms with Crippen molar-refractivity contribution in [3.63, 3.8) is 0 Å². The van der Waals surface area contributed by atoms with Gasteiger partial charge in [0, 0.05) is 0 Å². The maximum atomic E-state index is 11.6. The molecule has 0 aliphatic rings. The van der Waals surface area contributed by atoms with Gasteiger partial charge in [-0.2, -0.15) is 5.10 Å². The topological polar surface area (TPSA) is 54.6 Å². The second-order valence-electron chi connectivity index (χ2n) is 3.92. The quantitative estimate of drug-likeness (QED) is 0.660. The van der Waals surface area contributed by atoms with Crippen molar-refractivity contribution in [1.29, 1.82) is 0 Å². The van der Waals surface area contributed by atoms with Crippen LogP contribution in [0.4, 0.5) is 0 Å². The number of benzene rings is 1.